The summed E-state index contributed by atoms with van der Waals surface area (Å²) >= 11 is 0. The van der Waals surface area contributed by atoms with E-state index in [-0.39, 0.29) is 17.6 Å². The Bertz CT molecular complexity index is 356. The quantitative estimate of drug-likeness (QED) is 0.800. The Balaban J connectivity index is 1.64. The van der Waals surface area contributed by atoms with Crippen molar-refractivity contribution in [2.45, 2.75) is 63.1 Å². The fourth-order valence-electron chi connectivity index (χ4n) is 4.34. The summed E-state index contributed by atoms with van der Waals surface area (Å²) in [4.78, 5) is 12.9. The highest BCUT2D eigenvalue weighted by Gasteiger charge is 2.45. The van der Waals surface area contributed by atoms with E-state index in [1.54, 1.807) is 7.11 Å². The Hall–Kier alpha value is -0.450. The van der Waals surface area contributed by atoms with E-state index >= 15 is 0 Å². The maximum atomic E-state index is 12.9. The lowest BCUT2D eigenvalue weighted by Gasteiger charge is -2.38. The summed E-state index contributed by atoms with van der Waals surface area (Å²) in [5.41, 5.74) is -0.191. The summed E-state index contributed by atoms with van der Waals surface area (Å²) in [7, 11) is 1.70. The zero-order chi connectivity index (χ0) is 14.7. The third-order valence-electron chi connectivity index (χ3n) is 5.57. The summed E-state index contributed by atoms with van der Waals surface area (Å²) in [5.74, 6) is 0.834. The second-order valence-corrected chi connectivity index (χ2v) is 6.98. The SMILES string of the molecule is COC(C(=O)C1CCOC2(CCOC2)C1)C1CCCCC1. The van der Waals surface area contributed by atoms with Crippen LogP contribution >= 0.6 is 0 Å². The van der Waals surface area contributed by atoms with Gasteiger partial charge in [0.05, 0.1) is 12.2 Å². The first-order valence-electron chi connectivity index (χ1n) is 8.52. The van der Waals surface area contributed by atoms with Crippen LogP contribution in [0, 0.1) is 11.8 Å². The molecule has 0 aromatic carbocycles. The van der Waals surface area contributed by atoms with E-state index in [0.717, 1.165) is 38.7 Å². The largest absolute Gasteiger partial charge is 0.378 e. The molecule has 120 valence electrons. The van der Waals surface area contributed by atoms with Crippen LogP contribution in [0.15, 0.2) is 0 Å². The van der Waals surface area contributed by atoms with E-state index in [9.17, 15) is 4.79 Å². The highest BCUT2D eigenvalue weighted by atomic mass is 16.6. The molecular weight excluding hydrogens is 268 g/mol. The topological polar surface area (TPSA) is 44.8 Å². The molecule has 4 heteroatoms. The first-order valence-corrected chi connectivity index (χ1v) is 8.52. The van der Waals surface area contributed by atoms with E-state index < -0.39 is 0 Å². The van der Waals surface area contributed by atoms with E-state index in [0.29, 0.717) is 24.9 Å². The number of methoxy groups -OCH3 is 1. The Morgan fingerprint density at radius 2 is 2.00 bits per heavy atom. The van der Waals surface area contributed by atoms with E-state index in [2.05, 4.69) is 0 Å². The van der Waals surface area contributed by atoms with Crippen molar-refractivity contribution < 1.29 is 19.0 Å². The van der Waals surface area contributed by atoms with Gasteiger partial charge in [-0.3, -0.25) is 4.79 Å². The van der Waals surface area contributed by atoms with Crippen molar-refractivity contribution in [3.05, 3.63) is 0 Å². The van der Waals surface area contributed by atoms with Gasteiger partial charge in [-0.2, -0.15) is 0 Å². The molecule has 3 fully saturated rings. The van der Waals surface area contributed by atoms with Crippen LogP contribution in [0.2, 0.25) is 0 Å². The molecule has 4 nitrogen and oxygen atoms in total. The number of ether oxygens (including phenoxy) is 3. The number of ketones is 1. The van der Waals surface area contributed by atoms with Gasteiger partial charge in [0.25, 0.3) is 0 Å². The summed E-state index contributed by atoms with van der Waals surface area (Å²) in [5, 5.41) is 0. The van der Waals surface area contributed by atoms with Crippen LogP contribution in [-0.4, -0.2) is 44.4 Å². The first-order chi connectivity index (χ1) is 10.2. The highest BCUT2D eigenvalue weighted by Crippen LogP contribution is 2.38. The molecule has 3 rings (SSSR count). The molecule has 3 unspecified atom stereocenters. The number of carbonyl (C=O) groups excluding carboxylic acids is 1. The molecule has 1 spiro atoms. The molecule has 21 heavy (non-hydrogen) atoms. The monoisotopic (exact) mass is 296 g/mol. The van der Waals surface area contributed by atoms with Crippen LogP contribution in [0.4, 0.5) is 0 Å². The molecule has 1 aliphatic carbocycles. The van der Waals surface area contributed by atoms with Gasteiger partial charge in [-0.05, 0) is 31.6 Å². The predicted molar refractivity (Wildman–Crippen MR) is 79.2 cm³/mol. The molecule has 0 radical (unpaired) electrons. The lowest BCUT2D eigenvalue weighted by molar-refractivity contribution is -0.149. The number of hydrogen-bond donors (Lipinski definition) is 0. The van der Waals surface area contributed by atoms with Crippen LogP contribution in [-0.2, 0) is 19.0 Å². The van der Waals surface area contributed by atoms with Crippen molar-refractivity contribution in [1.82, 2.24) is 0 Å². The molecule has 0 aromatic rings. The molecule has 1 saturated carbocycles. The van der Waals surface area contributed by atoms with Crippen LogP contribution in [0.25, 0.3) is 0 Å². The van der Waals surface area contributed by atoms with Crippen LogP contribution in [0.1, 0.15) is 51.4 Å². The molecule has 3 atom stereocenters. The van der Waals surface area contributed by atoms with E-state index in [1.807, 2.05) is 0 Å². The number of Topliss-reactive ketones (excluding diaryl/α,β-unsaturated/α-hetero) is 1. The molecule has 2 aliphatic heterocycles. The highest BCUT2D eigenvalue weighted by molar-refractivity contribution is 5.86. The van der Waals surface area contributed by atoms with Crippen molar-refractivity contribution in [2.75, 3.05) is 26.9 Å². The molecule has 0 bridgehead atoms. The van der Waals surface area contributed by atoms with Gasteiger partial charge >= 0.3 is 0 Å². The number of hydrogen-bond acceptors (Lipinski definition) is 4. The van der Waals surface area contributed by atoms with Gasteiger partial charge in [-0.15, -0.1) is 0 Å². The van der Waals surface area contributed by atoms with E-state index in [1.165, 1.54) is 19.3 Å². The summed E-state index contributed by atoms with van der Waals surface area (Å²) < 4.78 is 17.1. The van der Waals surface area contributed by atoms with Gasteiger partial charge in [0.15, 0.2) is 5.78 Å². The van der Waals surface area contributed by atoms with Crippen molar-refractivity contribution in [3.63, 3.8) is 0 Å². The van der Waals surface area contributed by atoms with E-state index in [4.69, 9.17) is 14.2 Å². The average molecular weight is 296 g/mol. The average Bonchev–Trinajstić information content (AvgIpc) is 2.97. The maximum Gasteiger partial charge on any atom is 0.165 e. The number of carbonyl (C=O) groups is 1. The lowest BCUT2D eigenvalue weighted by Crippen LogP contribution is -2.46. The van der Waals surface area contributed by atoms with Gasteiger partial charge < -0.3 is 14.2 Å². The van der Waals surface area contributed by atoms with Crippen LogP contribution in [0.3, 0.4) is 0 Å². The van der Waals surface area contributed by atoms with Gasteiger partial charge in [0.1, 0.15) is 6.10 Å². The van der Waals surface area contributed by atoms with Crippen molar-refractivity contribution in [3.8, 4) is 0 Å². The van der Waals surface area contributed by atoms with Gasteiger partial charge in [0.2, 0.25) is 0 Å². The molecule has 2 heterocycles. The minimum Gasteiger partial charge on any atom is -0.378 e. The molecule has 0 amide bonds. The predicted octanol–water partition coefficient (Wildman–Crippen LogP) is 2.74. The molecule has 2 saturated heterocycles. The normalized spacial score (nSPS) is 36.0. The van der Waals surface area contributed by atoms with Gasteiger partial charge in [-0.25, -0.2) is 0 Å². The zero-order valence-electron chi connectivity index (χ0n) is 13.1. The van der Waals surface area contributed by atoms with Gasteiger partial charge in [-0.1, -0.05) is 19.3 Å². The smallest absolute Gasteiger partial charge is 0.165 e. The van der Waals surface area contributed by atoms with Crippen molar-refractivity contribution >= 4 is 5.78 Å². The van der Waals surface area contributed by atoms with Gasteiger partial charge in [0, 0.05) is 32.7 Å². The standard InChI is InChI=1S/C17H28O4/c1-19-16(13-5-3-2-4-6-13)15(18)14-7-9-21-17(11-14)8-10-20-12-17/h13-14,16H,2-12H2,1H3. The molecular formula is C17H28O4. The first kappa shape index (κ1) is 15.4. The third-order valence-corrected chi connectivity index (χ3v) is 5.57. The lowest BCUT2D eigenvalue weighted by atomic mass is 9.76. The summed E-state index contributed by atoms with van der Waals surface area (Å²) in [6.07, 6.45) is 8.45. The summed E-state index contributed by atoms with van der Waals surface area (Å²) in [6, 6.07) is 0. The van der Waals surface area contributed by atoms with Crippen LogP contribution in [0.5, 0.6) is 0 Å². The number of rotatable bonds is 4. The second kappa shape index (κ2) is 6.76. The second-order valence-electron chi connectivity index (χ2n) is 6.98. The Morgan fingerprint density at radius 1 is 1.19 bits per heavy atom. The fraction of sp³-hybridized carbons (Fsp3) is 0.941. The Morgan fingerprint density at radius 3 is 2.67 bits per heavy atom. The van der Waals surface area contributed by atoms with Crippen LogP contribution < -0.4 is 0 Å². The minimum absolute atomic E-state index is 0.0901. The zero-order valence-corrected chi connectivity index (χ0v) is 13.1. The molecule has 0 aromatic heterocycles. The summed E-state index contributed by atoms with van der Waals surface area (Å²) in [6.45, 7) is 2.09. The minimum atomic E-state index is -0.201. The fourth-order valence-corrected chi connectivity index (χ4v) is 4.34. The molecule has 0 N–H and O–H groups in total. The molecule has 3 aliphatic rings. The Labute approximate surface area is 127 Å². The maximum absolute atomic E-state index is 12.9. The Kier molecular flexibility index (Phi) is 4.97. The third kappa shape index (κ3) is 3.33. The van der Waals surface area contributed by atoms with Crippen molar-refractivity contribution in [1.29, 1.82) is 0 Å². The van der Waals surface area contributed by atoms with Crippen molar-refractivity contribution in [2.24, 2.45) is 11.8 Å².